The van der Waals surface area contributed by atoms with Crippen LogP contribution in [-0.2, 0) is 0 Å². The molecule has 0 fully saturated rings. The number of hydrogen-bond donors (Lipinski definition) is 0. The van der Waals surface area contributed by atoms with Gasteiger partial charge in [-0.15, -0.1) is 0 Å². The van der Waals surface area contributed by atoms with E-state index in [0.29, 0.717) is 0 Å². The molecule has 0 aliphatic rings. The Morgan fingerprint density at radius 3 is 0.764 bits per heavy atom. The molecule has 0 unspecified atom stereocenters. The van der Waals surface area contributed by atoms with Crippen molar-refractivity contribution in [3.63, 3.8) is 0 Å². The average molecular weight is 919 g/mol. The molecule has 0 aromatic heterocycles. The number of anilines is 6. The lowest BCUT2D eigenvalue weighted by Gasteiger charge is -2.28. The first kappa shape index (κ1) is 43.8. The van der Waals surface area contributed by atoms with E-state index in [2.05, 4.69) is 313 Å². The minimum Gasteiger partial charge on any atom is -0.310 e. The van der Waals surface area contributed by atoms with Crippen molar-refractivity contribution in [2.75, 3.05) is 9.80 Å². The Labute approximate surface area is 422 Å². The Morgan fingerprint density at radius 1 is 0.167 bits per heavy atom. The molecule has 12 aromatic rings. The molecule has 340 valence electrons. The molecule has 0 bridgehead atoms. The largest absolute Gasteiger partial charge is 0.310 e. The standard InChI is InChI=1S/C70H50N2/c1-5-19-51(20-6-1)53-35-43-60(44-36-53)71(68-33-15-13-29-64(68)55-23-9-3-10-24-55)62-47-39-57(40-48-62)66-31-17-27-59-28-18-32-67(70(59)66)58-41-49-63(50-42-58)72(61-45-37-54(38-46-61)52-21-7-2-8-22-52)69-34-16-14-30-65(69)56-25-11-4-12-26-56/h1-50H. The molecule has 0 heterocycles. The van der Waals surface area contributed by atoms with Gasteiger partial charge in [-0.3, -0.25) is 0 Å². The van der Waals surface area contributed by atoms with E-state index in [1.807, 2.05) is 0 Å². The summed E-state index contributed by atoms with van der Waals surface area (Å²) in [6.45, 7) is 0. The summed E-state index contributed by atoms with van der Waals surface area (Å²) in [5.74, 6) is 0. The normalized spacial score (nSPS) is 11.1. The van der Waals surface area contributed by atoms with Crippen LogP contribution in [0.4, 0.5) is 34.1 Å². The monoisotopic (exact) mass is 918 g/mol. The van der Waals surface area contributed by atoms with Gasteiger partial charge in [0.1, 0.15) is 0 Å². The van der Waals surface area contributed by atoms with E-state index >= 15 is 0 Å². The van der Waals surface area contributed by atoms with Crippen molar-refractivity contribution < 1.29 is 0 Å². The van der Waals surface area contributed by atoms with Crippen molar-refractivity contribution in [3.05, 3.63) is 303 Å². The highest BCUT2D eigenvalue weighted by molar-refractivity contribution is 6.07. The van der Waals surface area contributed by atoms with Gasteiger partial charge in [0.15, 0.2) is 0 Å². The van der Waals surface area contributed by atoms with E-state index in [1.54, 1.807) is 0 Å². The highest BCUT2D eigenvalue weighted by Gasteiger charge is 2.20. The zero-order chi connectivity index (χ0) is 48.1. The van der Waals surface area contributed by atoms with Crippen LogP contribution in [0.15, 0.2) is 303 Å². The topological polar surface area (TPSA) is 6.48 Å². The molecule has 2 heteroatoms. The minimum atomic E-state index is 1.08. The number of hydrogen-bond acceptors (Lipinski definition) is 2. The summed E-state index contributed by atoms with van der Waals surface area (Å²) in [6.07, 6.45) is 0. The predicted octanol–water partition coefficient (Wildman–Crippen LogP) is 19.8. The summed E-state index contributed by atoms with van der Waals surface area (Å²) < 4.78 is 0. The van der Waals surface area contributed by atoms with E-state index in [4.69, 9.17) is 0 Å². The first-order valence-corrected chi connectivity index (χ1v) is 24.7. The van der Waals surface area contributed by atoms with Gasteiger partial charge in [0.2, 0.25) is 0 Å². The Balaban J connectivity index is 0.924. The van der Waals surface area contributed by atoms with Crippen LogP contribution in [0, 0.1) is 0 Å². The summed E-state index contributed by atoms with van der Waals surface area (Å²) in [7, 11) is 0. The van der Waals surface area contributed by atoms with Gasteiger partial charge in [-0.1, -0.05) is 243 Å². The van der Waals surface area contributed by atoms with Crippen LogP contribution in [0.1, 0.15) is 0 Å². The lowest BCUT2D eigenvalue weighted by atomic mass is 9.91. The van der Waals surface area contributed by atoms with Crippen LogP contribution in [0.3, 0.4) is 0 Å². The first-order valence-electron chi connectivity index (χ1n) is 24.7. The third kappa shape index (κ3) is 8.75. The summed E-state index contributed by atoms with van der Waals surface area (Å²) in [4.78, 5) is 4.77. The van der Waals surface area contributed by atoms with Gasteiger partial charge in [0.05, 0.1) is 11.4 Å². The van der Waals surface area contributed by atoms with Crippen LogP contribution in [0.5, 0.6) is 0 Å². The average Bonchev–Trinajstić information content (AvgIpc) is 3.47. The van der Waals surface area contributed by atoms with Crippen LogP contribution in [0.25, 0.3) is 77.5 Å². The van der Waals surface area contributed by atoms with Gasteiger partial charge >= 0.3 is 0 Å². The van der Waals surface area contributed by atoms with Gasteiger partial charge in [-0.05, 0) is 127 Å². The highest BCUT2D eigenvalue weighted by Crippen LogP contribution is 2.45. The molecular formula is C70H50N2. The molecule has 0 N–H and O–H groups in total. The number of nitrogens with zero attached hydrogens (tertiary/aromatic N) is 2. The Hall–Kier alpha value is -9.50. The zero-order valence-electron chi connectivity index (χ0n) is 39.8. The number of rotatable bonds is 12. The molecule has 72 heavy (non-hydrogen) atoms. The molecule has 0 saturated carbocycles. The lowest BCUT2D eigenvalue weighted by Crippen LogP contribution is -2.11. The molecular weight excluding hydrogens is 869 g/mol. The van der Waals surface area contributed by atoms with Crippen molar-refractivity contribution >= 4 is 44.9 Å². The molecule has 12 rings (SSSR count). The second-order valence-electron chi connectivity index (χ2n) is 18.1. The predicted molar refractivity (Wildman–Crippen MR) is 306 cm³/mol. The number of para-hydroxylation sites is 2. The van der Waals surface area contributed by atoms with E-state index in [-0.39, 0.29) is 0 Å². The van der Waals surface area contributed by atoms with E-state index in [9.17, 15) is 0 Å². The molecule has 2 nitrogen and oxygen atoms in total. The third-order valence-electron chi connectivity index (χ3n) is 13.7. The van der Waals surface area contributed by atoms with Gasteiger partial charge in [-0.25, -0.2) is 0 Å². The summed E-state index contributed by atoms with van der Waals surface area (Å²) in [5, 5.41) is 2.43. The quantitative estimate of drug-likeness (QED) is 0.120. The molecule has 12 aromatic carbocycles. The van der Waals surface area contributed by atoms with E-state index in [1.165, 1.54) is 66.4 Å². The van der Waals surface area contributed by atoms with Gasteiger partial charge in [0, 0.05) is 33.9 Å². The summed E-state index contributed by atoms with van der Waals surface area (Å²) in [6, 6.07) is 109. The zero-order valence-corrected chi connectivity index (χ0v) is 39.8. The van der Waals surface area contributed by atoms with Gasteiger partial charge < -0.3 is 9.80 Å². The molecule has 0 aliphatic heterocycles. The van der Waals surface area contributed by atoms with E-state index < -0.39 is 0 Å². The Morgan fingerprint density at radius 2 is 0.417 bits per heavy atom. The second-order valence-corrected chi connectivity index (χ2v) is 18.1. The smallest absolute Gasteiger partial charge is 0.0540 e. The fourth-order valence-electron chi connectivity index (χ4n) is 10.2. The van der Waals surface area contributed by atoms with Crippen LogP contribution in [0.2, 0.25) is 0 Å². The molecule has 0 aliphatic carbocycles. The fourth-order valence-corrected chi connectivity index (χ4v) is 10.2. The maximum absolute atomic E-state index is 2.39. The Kier molecular flexibility index (Phi) is 12.1. The highest BCUT2D eigenvalue weighted by atomic mass is 15.1. The van der Waals surface area contributed by atoms with Crippen molar-refractivity contribution in [1.29, 1.82) is 0 Å². The van der Waals surface area contributed by atoms with Gasteiger partial charge in [-0.2, -0.15) is 0 Å². The van der Waals surface area contributed by atoms with E-state index in [0.717, 1.165) is 45.3 Å². The van der Waals surface area contributed by atoms with Crippen LogP contribution >= 0.6 is 0 Å². The molecule has 0 radical (unpaired) electrons. The first-order chi connectivity index (χ1) is 35.7. The van der Waals surface area contributed by atoms with Crippen molar-refractivity contribution in [1.82, 2.24) is 0 Å². The fraction of sp³-hybridized carbons (Fsp3) is 0. The van der Waals surface area contributed by atoms with Crippen molar-refractivity contribution in [2.45, 2.75) is 0 Å². The number of fused-ring (bicyclic) bond motifs is 1. The third-order valence-corrected chi connectivity index (χ3v) is 13.7. The molecule has 0 atom stereocenters. The van der Waals surface area contributed by atoms with Crippen molar-refractivity contribution in [3.8, 4) is 66.8 Å². The molecule has 0 spiro atoms. The number of benzene rings is 12. The maximum Gasteiger partial charge on any atom is 0.0540 e. The van der Waals surface area contributed by atoms with Crippen LogP contribution in [-0.4, -0.2) is 0 Å². The summed E-state index contributed by atoms with van der Waals surface area (Å²) in [5.41, 5.74) is 20.7. The molecule has 0 amide bonds. The Bertz CT molecular complexity index is 3490. The van der Waals surface area contributed by atoms with Gasteiger partial charge in [0.25, 0.3) is 0 Å². The SMILES string of the molecule is c1ccc(-c2ccc(N(c3ccc(-c4cccc5cccc(-c6ccc(N(c7ccc(-c8ccccc8)cc7)c7ccccc7-c7ccccc7)cc6)c45)cc3)c3ccccc3-c3ccccc3)cc2)cc1. The second kappa shape index (κ2) is 19.8. The maximum atomic E-state index is 2.39. The van der Waals surface area contributed by atoms with Crippen LogP contribution < -0.4 is 9.80 Å². The lowest BCUT2D eigenvalue weighted by molar-refractivity contribution is 1.28. The molecule has 0 saturated heterocycles. The van der Waals surface area contributed by atoms with Crippen molar-refractivity contribution in [2.24, 2.45) is 0 Å². The minimum absolute atomic E-state index is 1.08. The summed E-state index contributed by atoms with van der Waals surface area (Å²) >= 11 is 0.